The summed E-state index contributed by atoms with van der Waals surface area (Å²) >= 11 is 2.05. The average Bonchev–Trinajstić information content (AvgIpc) is 2.28. The summed E-state index contributed by atoms with van der Waals surface area (Å²) in [6.07, 6.45) is 0. The number of hydrogen-bond donors (Lipinski definition) is 1. The lowest BCUT2D eigenvalue weighted by Gasteiger charge is -2.37. The van der Waals surface area contributed by atoms with E-state index >= 15 is 0 Å². The molecule has 1 aromatic rings. The van der Waals surface area contributed by atoms with Gasteiger partial charge < -0.3 is 5.32 Å². The van der Waals surface area contributed by atoms with E-state index in [1.165, 1.54) is 22.6 Å². The molecule has 17 heavy (non-hydrogen) atoms. The highest BCUT2D eigenvalue weighted by Crippen LogP contribution is 2.29. The van der Waals surface area contributed by atoms with Gasteiger partial charge in [-0.3, -0.25) is 0 Å². The van der Waals surface area contributed by atoms with Gasteiger partial charge >= 0.3 is 0 Å². The fraction of sp³-hybridized carbons (Fsp3) is 0.600. The third kappa shape index (κ3) is 3.26. The van der Waals surface area contributed by atoms with Gasteiger partial charge in [0.1, 0.15) is 0 Å². The lowest BCUT2D eigenvalue weighted by molar-refractivity contribution is 0.376. The van der Waals surface area contributed by atoms with Crippen LogP contribution in [0.15, 0.2) is 24.3 Å². The maximum atomic E-state index is 3.74. The van der Waals surface area contributed by atoms with Crippen LogP contribution in [0.4, 0.5) is 0 Å². The van der Waals surface area contributed by atoms with Crippen LogP contribution in [0.1, 0.15) is 50.8 Å². The predicted octanol–water partition coefficient (Wildman–Crippen LogP) is 3.97. The van der Waals surface area contributed by atoms with E-state index in [0.717, 1.165) is 0 Å². The Bertz CT molecular complexity index is 367. The second-order valence-electron chi connectivity index (χ2n) is 5.92. The van der Waals surface area contributed by atoms with Crippen LogP contribution in [0.3, 0.4) is 0 Å². The van der Waals surface area contributed by atoms with Crippen molar-refractivity contribution in [2.24, 2.45) is 0 Å². The standard InChI is InChI=1S/C15H23NS/c1-11(2)12-5-7-13(8-6-12)14-9-17-10-15(3,4)16-14/h5-8,11,14,16H,9-10H2,1-4H3. The first-order valence-corrected chi connectivity index (χ1v) is 7.59. The van der Waals surface area contributed by atoms with E-state index in [0.29, 0.717) is 12.0 Å². The topological polar surface area (TPSA) is 12.0 Å². The summed E-state index contributed by atoms with van der Waals surface area (Å²) in [7, 11) is 0. The molecule has 1 atom stereocenters. The zero-order chi connectivity index (χ0) is 12.5. The Morgan fingerprint density at radius 2 is 1.88 bits per heavy atom. The van der Waals surface area contributed by atoms with Crippen molar-refractivity contribution in [3.05, 3.63) is 35.4 Å². The first-order chi connectivity index (χ1) is 7.98. The van der Waals surface area contributed by atoms with Crippen LogP contribution in [-0.4, -0.2) is 17.0 Å². The van der Waals surface area contributed by atoms with Gasteiger partial charge in [0.2, 0.25) is 0 Å². The van der Waals surface area contributed by atoms with Crippen molar-refractivity contribution in [3.8, 4) is 0 Å². The third-order valence-electron chi connectivity index (χ3n) is 3.32. The van der Waals surface area contributed by atoms with E-state index in [1.807, 2.05) is 0 Å². The smallest absolute Gasteiger partial charge is 0.0416 e. The molecule has 0 spiro atoms. The highest BCUT2D eigenvalue weighted by Gasteiger charge is 2.27. The summed E-state index contributed by atoms with van der Waals surface area (Å²) in [5.74, 6) is 3.01. The Kier molecular flexibility index (Phi) is 3.84. The second-order valence-corrected chi connectivity index (χ2v) is 6.95. The van der Waals surface area contributed by atoms with Crippen LogP contribution < -0.4 is 5.32 Å². The molecule has 94 valence electrons. The minimum atomic E-state index is 0.254. The zero-order valence-electron chi connectivity index (χ0n) is 11.3. The molecule has 1 unspecified atom stereocenters. The Morgan fingerprint density at radius 3 is 2.41 bits per heavy atom. The molecule has 1 saturated heterocycles. The number of benzene rings is 1. The maximum Gasteiger partial charge on any atom is 0.0416 e. The van der Waals surface area contributed by atoms with Gasteiger partial charge in [0, 0.05) is 23.1 Å². The first kappa shape index (κ1) is 13.0. The summed E-state index contributed by atoms with van der Waals surface area (Å²) < 4.78 is 0. The van der Waals surface area contributed by atoms with E-state index in [9.17, 15) is 0 Å². The van der Waals surface area contributed by atoms with E-state index in [-0.39, 0.29) is 5.54 Å². The normalized spacial score (nSPS) is 23.9. The lowest BCUT2D eigenvalue weighted by Crippen LogP contribution is -2.48. The van der Waals surface area contributed by atoms with E-state index in [4.69, 9.17) is 0 Å². The van der Waals surface area contributed by atoms with Gasteiger partial charge in [0.25, 0.3) is 0 Å². The minimum absolute atomic E-state index is 0.254. The SMILES string of the molecule is CC(C)c1ccc(C2CSCC(C)(C)N2)cc1. The fourth-order valence-electron chi connectivity index (χ4n) is 2.28. The van der Waals surface area contributed by atoms with Gasteiger partial charge in [0.15, 0.2) is 0 Å². The molecule has 2 heteroatoms. The summed E-state index contributed by atoms with van der Waals surface area (Å²) in [6, 6.07) is 9.62. The van der Waals surface area contributed by atoms with Crippen molar-refractivity contribution in [2.45, 2.75) is 45.2 Å². The molecule has 2 rings (SSSR count). The molecule has 0 amide bonds. The molecule has 1 heterocycles. The van der Waals surface area contributed by atoms with Crippen LogP contribution in [0.25, 0.3) is 0 Å². The quantitative estimate of drug-likeness (QED) is 0.851. The highest BCUT2D eigenvalue weighted by molar-refractivity contribution is 7.99. The van der Waals surface area contributed by atoms with Crippen molar-refractivity contribution in [1.82, 2.24) is 5.32 Å². The summed E-state index contributed by atoms with van der Waals surface area (Å²) in [5, 5.41) is 3.74. The van der Waals surface area contributed by atoms with Crippen LogP contribution in [0, 0.1) is 0 Å². The molecule has 1 aromatic carbocycles. The van der Waals surface area contributed by atoms with Crippen LogP contribution >= 0.6 is 11.8 Å². The van der Waals surface area contributed by atoms with Crippen molar-refractivity contribution < 1.29 is 0 Å². The third-order valence-corrected chi connectivity index (χ3v) is 4.81. The van der Waals surface area contributed by atoms with Crippen LogP contribution in [-0.2, 0) is 0 Å². The predicted molar refractivity (Wildman–Crippen MR) is 77.8 cm³/mol. The summed E-state index contributed by atoms with van der Waals surface area (Å²) in [6.45, 7) is 9.06. The zero-order valence-corrected chi connectivity index (χ0v) is 12.1. The van der Waals surface area contributed by atoms with Crippen molar-refractivity contribution in [2.75, 3.05) is 11.5 Å². The number of thioether (sulfide) groups is 1. The molecule has 1 fully saturated rings. The first-order valence-electron chi connectivity index (χ1n) is 6.43. The van der Waals surface area contributed by atoms with Crippen molar-refractivity contribution in [1.29, 1.82) is 0 Å². The molecule has 0 saturated carbocycles. The number of nitrogens with one attached hydrogen (secondary N) is 1. The molecule has 0 bridgehead atoms. The Labute approximate surface area is 109 Å². The van der Waals surface area contributed by atoms with Crippen LogP contribution in [0.5, 0.6) is 0 Å². The monoisotopic (exact) mass is 249 g/mol. The van der Waals surface area contributed by atoms with Gasteiger partial charge in [-0.05, 0) is 30.9 Å². The molecule has 0 aliphatic carbocycles. The Balaban J connectivity index is 2.12. The summed E-state index contributed by atoms with van der Waals surface area (Å²) in [5.41, 5.74) is 3.11. The molecule has 1 aliphatic rings. The van der Waals surface area contributed by atoms with E-state index < -0.39 is 0 Å². The second kappa shape index (κ2) is 5.03. The Morgan fingerprint density at radius 1 is 1.24 bits per heavy atom. The fourth-order valence-corrected chi connectivity index (χ4v) is 3.50. The van der Waals surface area contributed by atoms with E-state index in [2.05, 4.69) is 69.0 Å². The molecule has 0 radical (unpaired) electrons. The van der Waals surface area contributed by atoms with Crippen molar-refractivity contribution in [3.63, 3.8) is 0 Å². The number of rotatable bonds is 2. The van der Waals surface area contributed by atoms with Gasteiger partial charge in [-0.2, -0.15) is 11.8 Å². The molecule has 1 nitrogen and oxygen atoms in total. The maximum absolute atomic E-state index is 3.74. The van der Waals surface area contributed by atoms with Crippen LogP contribution in [0.2, 0.25) is 0 Å². The molecular weight excluding hydrogens is 226 g/mol. The summed E-state index contributed by atoms with van der Waals surface area (Å²) in [4.78, 5) is 0. The molecular formula is C15H23NS. The van der Waals surface area contributed by atoms with Crippen molar-refractivity contribution >= 4 is 11.8 Å². The van der Waals surface area contributed by atoms with Gasteiger partial charge in [-0.15, -0.1) is 0 Å². The Hall–Kier alpha value is -0.470. The largest absolute Gasteiger partial charge is 0.303 e. The van der Waals surface area contributed by atoms with Gasteiger partial charge in [-0.25, -0.2) is 0 Å². The van der Waals surface area contributed by atoms with E-state index in [1.54, 1.807) is 0 Å². The van der Waals surface area contributed by atoms with Gasteiger partial charge in [0.05, 0.1) is 0 Å². The number of hydrogen-bond acceptors (Lipinski definition) is 2. The van der Waals surface area contributed by atoms with Gasteiger partial charge in [-0.1, -0.05) is 38.1 Å². The average molecular weight is 249 g/mol. The molecule has 1 N–H and O–H groups in total. The molecule has 1 aliphatic heterocycles. The lowest BCUT2D eigenvalue weighted by atomic mass is 9.98. The minimum Gasteiger partial charge on any atom is -0.303 e. The molecule has 0 aromatic heterocycles. The highest BCUT2D eigenvalue weighted by atomic mass is 32.2.